The lowest BCUT2D eigenvalue weighted by Gasteiger charge is -2.36. The minimum absolute atomic E-state index is 0.0347. The maximum absolute atomic E-state index is 12.8. The van der Waals surface area contributed by atoms with Crippen LogP contribution in [0, 0.1) is 0 Å². The molecule has 150 valence electrons. The van der Waals surface area contributed by atoms with Crippen molar-refractivity contribution in [2.75, 3.05) is 13.7 Å². The lowest BCUT2D eigenvalue weighted by atomic mass is 9.94. The predicted molar refractivity (Wildman–Crippen MR) is 102 cm³/mol. The monoisotopic (exact) mass is 416 g/mol. The number of nitrogens with one attached hydrogen (secondary N) is 3. The Morgan fingerprint density at radius 3 is 2.67 bits per heavy atom. The molecule has 0 aliphatic carbocycles. The first-order valence-electron chi connectivity index (χ1n) is 9.03. The van der Waals surface area contributed by atoms with E-state index in [1.54, 1.807) is 6.07 Å². The number of fused-ring (bicyclic) bond motifs is 1. The van der Waals surface area contributed by atoms with Crippen molar-refractivity contribution < 1.29 is 17.9 Å². The van der Waals surface area contributed by atoms with E-state index in [0.29, 0.717) is 17.9 Å². The van der Waals surface area contributed by atoms with Crippen molar-refractivity contribution in [3.63, 3.8) is 0 Å². The molecule has 3 N–H and O–H groups in total. The van der Waals surface area contributed by atoms with Crippen molar-refractivity contribution in [1.29, 1.82) is 0 Å². The first-order chi connectivity index (χ1) is 12.8. The molecule has 0 bridgehead atoms. The lowest BCUT2D eigenvalue weighted by Crippen LogP contribution is -2.62. The number of likely N-dealkylation sites (N-methyl/N-ethyl adjacent to an activating group) is 1. The van der Waals surface area contributed by atoms with Crippen LogP contribution in [0.15, 0.2) is 23.1 Å². The number of hydrogen-bond acceptors (Lipinski definition) is 7. The second-order valence-electron chi connectivity index (χ2n) is 6.78. The number of hydrogen-bond donors (Lipinski definition) is 3. The maximum Gasteiger partial charge on any atom is 0.261 e. The number of nitrogens with zero attached hydrogens (tertiary/aromatic N) is 1. The minimum atomic E-state index is -3.90. The Hall–Kier alpha value is -1.39. The summed E-state index contributed by atoms with van der Waals surface area (Å²) in [5.41, 5.74) is 3.87. The largest absolute Gasteiger partial charge is 0.493 e. The van der Waals surface area contributed by atoms with Crippen LogP contribution >= 0.6 is 10.7 Å². The van der Waals surface area contributed by atoms with Crippen LogP contribution in [-0.4, -0.2) is 51.1 Å². The number of ether oxygens (including phenoxy) is 1. The minimum Gasteiger partial charge on any atom is -0.493 e. The summed E-state index contributed by atoms with van der Waals surface area (Å²) < 4.78 is 29.2. The van der Waals surface area contributed by atoms with Gasteiger partial charge in [-0.3, -0.25) is 10.1 Å². The second-order valence-corrected chi connectivity index (χ2v) is 9.35. The summed E-state index contributed by atoms with van der Waals surface area (Å²) in [7, 11) is 3.46. The Morgan fingerprint density at radius 1 is 1.30 bits per heavy atom. The van der Waals surface area contributed by atoms with Crippen LogP contribution < -0.4 is 20.8 Å². The smallest absolute Gasteiger partial charge is 0.261 e. The Balaban J connectivity index is 1.97. The van der Waals surface area contributed by atoms with E-state index in [1.165, 1.54) is 12.1 Å². The van der Waals surface area contributed by atoms with Gasteiger partial charge in [-0.15, -0.1) is 0 Å². The zero-order chi connectivity index (χ0) is 19.8. The highest BCUT2D eigenvalue weighted by molar-refractivity contribution is 8.13. The van der Waals surface area contributed by atoms with E-state index < -0.39 is 15.2 Å². The molecule has 27 heavy (non-hydrogen) atoms. The van der Waals surface area contributed by atoms with Gasteiger partial charge in [0.1, 0.15) is 18.0 Å². The molecule has 2 aliphatic rings. The van der Waals surface area contributed by atoms with Gasteiger partial charge < -0.3 is 10.1 Å². The Labute approximate surface area is 164 Å². The fourth-order valence-electron chi connectivity index (χ4n) is 3.80. The molecular formula is C17H25ClN4O4S. The van der Waals surface area contributed by atoms with Crippen LogP contribution in [0.25, 0.3) is 0 Å². The van der Waals surface area contributed by atoms with Crippen molar-refractivity contribution in [2.24, 2.45) is 0 Å². The lowest BCUT2D eigenvalue weighted by molar-refractivity contribution is -0.129. The summed E-state index contributed by atoms with van der Waals surface area (Å²) >= 11 is 0. The highest BCUT2D eigenvalue weighted by Crippen LogP contribution is 2.32. The molecule has 2 saturated heterocycles. The molecule has 1 aromatic rings. The van der Waals surface area contributed by atoms with E-state index >= 15 is 0 Å². The average molecular weight is 417 g/mol. The average Bonchev–Trinajstić information content (AvgIpc) is 2.91. The van der Waals surface area contributed by atoms with Gasteiger partial charge in [-0.1, -0.05) is 13.3 Å². The summed E-state index contributed by atoms with van der Waals surface area (Å²) in [5.74, 6) is 0.378. The third-order valence-corrected chi connectivity index (χ3v) is 6.30. The highest BCUT2D eigenvalue weighted by atomic mass is 35.7. The third-order valence-electron chi connectivity index (χ3n) is 4.95. The summed E-state index contributed by atoms with van der Waals surface area (Å²) in [4.78, 5) is 12.7. The second kappa shape index (κ2) is 7.92. The van der Waals surface area contributed by atoms with E-state index in [0.717, 1.165) is 12.8 Å². The molecule has 8 nitrogen and oxygen atoms in total. The molecule has 2 aliphatic heterocycles. The van der Waals surface area contributed by atoms with Gasteiger partial charge in [0.15, 0.2) is 0 Å². The first kappa shape index (κ1) is 20.3. The summed E-state index contributed by atoms with van der Waals surface area (Å²) in [6.45, 7) is 4.35. The predicted octanol–water partition coefficient (Wildman–Crippen LogP) is 1.09. The molecule has 0 saturated carbocycles. The zero-order valence-electron chi connectivity index (χ0n) is 15.5. The Morgan fingerprint density at radius 2 is 2.04 bits per heavy atom. The molecule has 4 atom stereocenters. The van der Waals surface area contributed by atoms with Crippen molar-refractivity contribution in [1.82, 2.24) is 21.1 Å². The first-order valence-corrected chi connectivity index (χ1v) is 11.3. The number of carbonyl (C=O) groups is 1. The summed E-state index contributed by atoms with van der Waals surface area (Å²) in [6.07, 6.45) is 1.31. The van der Waals surface area contributed by atoms with Gasteiger partial charge in [0.2, 0.25) is 5.91 Å². The van der Waals surface area contributed by atoms with E-state index in [-0.39, 0.29) is 28.9 Å². The fourth-order valence-corrected chi connectivity index (χ4v) is 4.59. The summed E-state index contributed by atoms with van der Waals surface area (Å²) in [5, 5.41) is 8.20. The van der Waals surface area contributed by atoms with Gasteiger partial charge in [-0.25, -0.2) is 18.9 Å². The number of carbonyl (C=O) groups excluding carboxylic acids is 1. The topological polar surface area (TPSA) is 99.8 Å². The highest BCUT2D eigenvalue weighted by Gasteiger charge is 2.48. The number of rotatable bonds is 6. The molecule has 0 radical (unpaired) electrons. The Kier molecular flexibility index (Phi) is 5.97. The normalized spacial score (nSPS) is 28.7. The van der Waals surface area contributed by atoms with Crippen LogP contribution in [0.5, 0.6) is 5.75 Å². The maximum atomic E-state index is 12.8. The molecule has 2 fully saturated rings. The molecular weight excluding hydrogens is 392 g/mol. The van der Waals surface area contributed by atoms with Crippen LogP contribution in [-0.2, 0) is 13.8 Å². The number of halogens is 1. The third kappa shape index (κ3) is 4.07. The van der Waals surface area contributed by atoms with Crippen molar-refractivity contribution in [3.05, 3.63) is 23.8 Å². The fraction of sp³-hybridized carbons (Fsp3) is 0.588. The Bertz CT molecular complexity index is 819. The van der Waals surface area contributed by atoms with Gasteiger partial charge in [0.25, 0.3) is 9.05 Å². The van der Waals surface area contributed by atoms with Gasteiger partial charge in [-0.2, -0.15) is 0 Å². The molecule has 0 aromatic heterocycles. The van der Waals surface area contributed by atoms with Crippen LogP contribution in [0.4, 0.5) is 0 Å². The quantitative estimate of drug-likeness (QED) is 0.597. The van der Waals surface area contributed by atoms with Gasteiger partial charge in [0, 0.05) is 29.3 Å². The van der Waals surface area contributed by atoms with Crippen molar-refractivity contribution in [2.45, 2.75) is 55.9 Å². The molecule has 4 unspecified atom stereocenters. The van der Waals surface area contributed by atoms with Crippen LogP contribution in [0.1, 0.15) is 38.4 Å². The van der Waals surface area contributed by atoms with Gasteiger partial charge in [-0.05, 0) is 31.5 Å². The van der Waals surface area contributed by atoms with E-state index in [9.17, 15) is 13.2 Å². The van der Waals surface area contributed by atoms with E-state index in [2.05, 4.69) is 23.0 Å². The van der Waals surface area contributed by atoms with E-state index in [1.807, 2.05) is 19.0 Å². The standard InChI is InChI=1S/C17H25ClN4O4S/c1-4-6-12-14-15(22(3)21-12)17(23)20-16(19-14)11-9-10(27(18,24)25)7-8-13(11)26-5-2/h7-9,12,14-16,19,21H,4-6H2,1-3H3,(H,20,23). The van der Waals surface area contributed by atoms with E-state index in [4.69, 9.17) is 15.4 Å². The van der Waals surface area contributed by atoms with Crippen LogP contribution in [0.3, 0.4) is 0 Å². The molecule has 1 amide bonds. The zero-order valence-corrected chi connectivity index (χ0v) is 17.1. The number of amides is 1. The van der Waals surface area contributed by atoms with Gasteiger partial charge in [0.05, 0.1) is 17.5 Å². The van der Waals surface area contributed by atoms with Crippen molar-refractivity contribution >= 4 is 25.6 Å². The SMILES string of the molecule is CCCC1NN(C)C2C(=O)NC(c3cc(S(=O)(=O)Cl)ccc3OCC)NC12. The number of hydrazine groups is 1. The molecule has 3 rings (SSSR count). The number of benzene rings is 1. The van der Waals surface area contributed by atoms with Gasteiger partial charge >= 0.3 is 0 Å². The van der Waals surface area contributed by atoms with Crippen molar-refractivity contribution in [3.8, 4) is 5.75 Å². The molecule has 0 spiro atoms. The molecule has 2 heterocycles. The molecule has 10 heteroatoms. The molecule has 1 aromatic carbocycles. The summed E-state index contributed by atoms with van der Waals surface area (Å²) in [6, 6.07) is 4.07. The van der Waals surface area contributed by atoms with Crippen LogP contribution in [0.2, 0.25) is 0 Å².